The molecule has 0 radical (unpaired) electrons. The predicted molar refractivity (Wildman–Crippen MR) is 84.3 cm³/mol. The van der Waals surface area contributed by atoms with E-state index in [2.05, 4.69) is 0 Å². The van der Waals surface area contributed by atoms with Gasteiger partial charge in [-0.25, -0.2) is 4.79 Å². The number of nitriles is 1. The molecule has 0 saturated heterocycles. The van der Waals surface area contributed by atoms with Gasteiger partial charge in [0.25, 0.3) is 0 Å². The van der Waals surface area contributed by atoms with Crippen molar-refractivity contribution in [3.63, 3.8) is 0 Å². The lowest BCUT2D eigenvalue weighted by Gasteiger charge is -2.17. The van der Waals surface area contributed by atoms with Crippen LogP contribution in [0, 0.1) is 11.3 Å². The van der Waals surface area contributed by atoms with Crippen LogP contribution in [0.15, 0.2) is 57.7 Å². The number of nitrogens with zero attached hydrogens (tertiary/aromatic N) is 1. The van der Waals surface area contributed by atoms with E-state index < -0.39 is 11.7 Å². The molecule has 0 aliphatic carbocycles. The Hall–Kier alpha value is -3.26. The second-order valence-electron chi connectivity index (χ2n) is 5.05. The van der Waals surface area contributed by atoms with Crippen molar-refractivity contribution in [1.29, 1.82) is 5.26 Å². The highest BCUT2D eigenvalue weighted by atomic mass is 16.5. The van der Waals surface area contributed by atoms with Crippen LogP contribution in [0.5, 0.6) is 11.5 Å². The Morgan fingerprint density at radius 3 is 2.57 bits per heavy atom. The molecule has 0 spiro atoms. The molecule has 114 valence electrons. The molecule has 1 heterocycles. The highest BCUT2D eigenvalue weighted by molar-refractivity contribution is 5.85. The number of ether oxygens (including phenoxy) is 1. The minimum absolute atomic E-state index is 0.157. The molecule has 5 nitrogen and oxygen atoms in total. The maximum absolute atomic E-state index is 11.9. The van der Waals surface area contributed by atoms with Gasteiger partial charge in [0, 0.05) is 0 Å². The fourth-order valence-corrected chi connectivity index (χ4v) is 2.33. The molecule has 23 heavy (non-hydrogen) atoms. The second-order valence-corrected chi connectivity index (χ2v) is 5.05. The molecular formula is C18H13NO4. The minimum Gasteiger partial charge on any atom is -0.508 e. The lowest BCUT2D eigenvalue weighted by molar-refractivity contribution is 0.227. The lowest BCUT2D eigenvalue weighted by atomic mass is 10.1. The van der Waals surface area contributed by atoms with Crippen LogP contribution < -0.4 is 10.4 Å². The molecule has 0 fully saturated rings. The number of fused-ring (bicyclic) bond motifs is 1. The molecule has 3 aromatic rings. The Kier molecular flexibility index (Phi) is 3.73. The summed E-state index contributed by atoms with van der Waals surface area (Å²) < 4.78 is 11.0. The zero-order chi connectivity index (χ0) is 16.4. The van der Waals surface area contributed by atoms with Crippen molar-refractivity contribution in [2.75, 3.05) is 0 Å². The van der Waals surface area contributed by atoms with Crippen LogP contribution in [0.4, 0.5) is 0 Å². The Labute approximate surface area is 132 Å². The molecule has 0 amide bonds. The molecule has 1 aromatic heterocycles. The fourth-order valence-electron chi connectivity index (χ4n) is 2.33. The monoisotopic (exact) mass is 307 g/mol. The number of benzene rings is 2. The topological polar surface area (TPSA) is 83.5 Å². The highest BCUT2D eigenvalue weighted by Crippen LogP contribution is 2.31. The Balaban J connectivity index is 2.10. The van der Waals surface area contributed by atoms with Crippen LogP contribution in [0.1, 0.15) is 24.2 Å². The molecule has 1 N–H and O–H groups in total. The van der Waals surface area contributed by atoms with Gasteiger partial charge in [0.15, 0.2) is 11.3 Å². The van der Waals surface area contributed by atoms with Crippen molar-refractivity contribution in [2.45, 2.75) is 13.0 Å². The molecule has 0 aliphatic rings. The van der Waals surface area contributed by atoms with Gasteiger partial charge in [0.05, 0.1) is 5.39 Å². The third kappa shape index (κ3) is 2.74. The molecule has 0 aliphatic heterocycles. The zero-order valence-corrected chi connectivity index (χ0v) is 12.3. The summed E-state index contributed by atoms with van der Waals surface area (Å²) in [5.74, 6) is 0.365. The fraction of sp³-hybridized carbons (Fsp3) is 0.111. The number of phenolic OH excluding ortho intramolecular Hbond substituents is 1. The largest absolute Gasteiger partial charge is 0.508 e. The van der Waals surface area contributed by atoms with Gasteiger partial charge in [0.2, 0.25) is 0 Å². The average molecular weight is 307 g/mol. The zero-order valence-electron chi connectivity index (χ0n) is 12.3. The van der Waals surface area contributed by atoms with E-state index in [1.807, 2.05) is 6.07 Å². The van der Waals surface area contributed by atoms with Crippen molar-refractivity contribution in [1.82, 2.24) is 0 Å². The maximum atomic E-state index is 11.9. The average Bonchev–Trinajstić information content (AvgIpc) is 2.55. The van der Waals surface area contributed by atoms with Gasteiger partial charge < -0.3 is 14.3 Å². The van der Waals surface area contributed by atoms with Gasteiger partial charge in [-0.05, 0) is 36.8 Å². The van der Waals surface area contributed by atoms with Crippen LogP contribution in [0.25, 0.3) is 11.0 Å². The van der Waals surface area contributed by atoms with Crippen molar-refractivity contribution < 1.29 is 14.3 Å². The van der Waals surface area contributed by atoms with Crippen LogP contribution >= 0.6 is 0 Å². The molecule has 0 bridgehead atoms. The molecule has 0 saturated carbocycles. The summed E-state index contributed by atoms with van der Waals surface area (Å²) in [7, 11) is 0. The third-order valence-corrected chi connectivity index (χ3v) is 3.53. The molecule has 2 aromatic carbocycles. The van der Waals surface area contributed by atoms with E-state index in [1.165, 1.54) is 0 Å². The van der Waals surface area contributed by atoms with Gasteiger partial charge in [-0.3, -0.25) is 0 Å². The number of aromatic hydroxyl groups is 1. The number of hydrogen-bond acceptors (Lipinski definition) is 5. The number of para-hydroxylation sites is 1. The van der Waals surface area contributed by atoms with Crippen molar-refractivity contribution in [3.05, 3.63) is 70.1 Å². The van der Waals surface area contributed by atoms with Crippen molar-refractivity contribution in [2.24, 2.45) is 0 Å². The highest BCUT2D eigenvalue weighted by Gasteiger charge is 2.18. The summed E-state index contributed by atoms with van der Waals surface area (Å²) in [4.78, 5) is 11.9. The quantitative estimate of drug-likeness (QED) is 0.749. The Morgan fingerprint density at radius 1 is 1.17 bits per heavy atom. The summed E-state index contributed by atoms with van der Waals surface area (Å²) >= 11 is 0. The van der Waals surface area contributed by atoms with E-state index in [0.717, 1.165) is 5.56 Å². The van der Waals surface area contributed by atoms with Crippen LogP contribution in [-0.4, -0.2) is 5.11 Å². The second kappa shape index (κ2) is 5.85. The SMILES string of the molecule is CC(Oc1c(C#N)c(=O)oc2ccccc12)c1ccc(O)cc1. The van der Waals surface area contributed by atoms with Gasteiger partial charge in [-0.2, -0.15) is 5.26 Å². The van der Waals surface area contributed by atoms with E-state index in [-0.39, 0.29) is 17.1 Å². The first-order valence-corrected chi connectivity index (χ1v) is 7.01. The van der Waals surface area contributed by atoms with Gasteiger partial charge >= 0.3 is 5.63 Å². The van der Waals surface area contributed by atoms with E-state index in [4.69, 9.17) is 9.15 Å². The lowest BCUT2D eigenvalue weighted by Crippen LogP contribution is -2.11. The smallest absolute Gasteiger partial charge is 0.358 e. The molecule has 3 rings (SSSR count). The molecular weight excluding hydrogens is 294 g/mol. The molecule has 1 unspecified atom stereocenters. The van der Waals surface area contributed by atoms with E-state index in [1.54, 1.807) is 55.5 Å². The molecule has 5 heteroatoms. The normalized spacial score (nSPS) is 11.8. The summed E-state index contributed by atoms with van der Waals surface area (Å²) in [5, 5.41) is 19.2. The summed E-state index contributed by atoms with van der Waals surface area (Å²) in [6, 6.07) is 15.3. The number of phenols is 1. The first-order chi connectivity index (χ1) is 11.1. The minimum atomic E-state index is -0.723. The number of hydrogen-bond donors (Lipinski definition) is 1. The van der Waals surface area contributed by atoms with Crippen molar-refractivity contribution >= 4 is 11.0 Å². The summed E-state index contributed by atoms with van der Waals surface area (Å²) in [6.07, 6.45) is -0.409. The van der Waals surface area contributed by atoms with Gasteiger partial charge in [-0.15, -0.1) is 0 Å². The summed E-state index contributed by atoms with van der Waals surface area (Å²) in [6.45, 7) is 1.80. The third-order valence-electron chi connectivity index (χ3n) is 3.53. The predicted octanol–water partition coefficient (Wildman–Crippen LogP) is 3.51. The molecule has 1 atom stereocenters. The Bertz CT molecular complexity index is 951. The van der Waals surface area contributed by atoms with Crippen LogP contribution in [0.2, 0.25) is 0 Å². The Morgan fingerprint density at radius 2 is 1.87 bits per heavy atom. The summed E-state index contributed by atoms with van der Waals surface area (Å²) in [5.41, 5.74) is 0.293. The van der Waals surface area contributed by atoms with E-state index >= 15 is 0 Å². The maximum Gasteiger partial charge on any atom is 0.358 e. The van der Waals surface area contributed by atoms with E-state index in [0.29, 0.717) is 11.0 Å². The van der Waals surface area contributed by atoms with Crippen LogP contribution in [-0.2, 0) is 0 Å². The number of rotatable bonds is 3. The van der Waals surface area contributed by atoms with Gasteiger partial charge in [0.1, 0.15) is 23.5 Å². The first-order valence-electron chi connectivity index (χ1n) is 7.01. The standard InChI is InChI=1S/C18H13NO4/c1-11(12-6-8-13(20)9-7-12)22-17-14-4-2-3-5-16(14)23-18(21)15(17)10-19/h2-9,11,20H,1H3. The first kappa shape index (κ1) is 14.7. The van der Waals surface area contributed by atoms with Crippen LogP contribution in [0.3, 0.4) is 0 Å². The van der Waals surface area contributed by atoms with Gasteiger partial charge in [-0.1, -0.05) is 24.3 Å². The van der Waals surface area contributed by atoms with E-state index in [9.17, 15) is 15.2 Å². The van der Waals surface area contributed by atoms with Crippen molar-refractivity contribution in [3.8, 4) is 17.6 Å².